The van der Waals surface area contributed by atoms with Gasteiger partial charge in [-0.3, -0.25) is 9.59 Å². The Morgan fingerprint density at radius 2 is 1.74 bits per heavy atom. The maximum atomic E-state index is 11.6. The summed E-state index contributed by atoms with van der Waals surface area (Å²) in [6.07, 6.45) is -1.61. The molecule has 19 heavy (non-hydrogen) atoms. The van der Waals surface area contributed by atoms with Crippen molar-refractivity contribution in [2.24, 2.45) is 0 Å². The fourth-order valence-corrected chi connectivity index (χ4v) is 1.21. The molecule has 0 aliphatic heterocycles. The predicted octanol–water partition coefficient (Wildman–Crippen LogP) is -2.86. The highest BCUT2D eigenvalue weighted by atomic mass is 16.5. The summed E-state index contributed by atoms with van der Waals surface area (Å²) >= 11 is 0. The van der Waals surface area contributed by atoms with Crippen LogP contribution in [0.25, 0.3) is 0 Å². The average molecular weight is 278 g/mol. The zero-order chi connectivity index (χ0) is 15.0. The van der Waals surface area contributed by atoms with Gasteiger partial charge >= 0.3 is 5.97 Å². The molecular weight excluding hydrogens is 260 g/mol. The van der Waals surface area contributed by atoms with Crippen LogP contribution in [-0.2, 0) is 14.4 Å². The monoisotopic (exact) mass is 278 g/mol. The quantitative estimate of drug-likeness (QED) is 0.261. The first-order chi connectivity index (χ1) is 8.83. The Morgan fingerprint density at radius 3 is 2.11 bits per heavy atom. The molecule has 0 saturated carbocycles. The number of carbonyl (C=O) groups excluding carboxylic acids is 2. The molecule has 0 rings (SSSR count). The highest BCUT2D eigenvalue weighted by Gasteiger charge is 2.30. The third-order valence-electron chi connectivity index (χ3n) is 2.17. The SMILES string of the molecule is CCCC(=O)N[C@@H](CO)C(=O)N[C@H](C(=O)O)C(O)O. The van der Waals surface area contributed by atoms with Crippen molar-refractivity contribution in [1.29, 1.82) is 0 Å². The molecule has 2 atom stereocenters. The van der Waals surface area contributed by atoms with Gasteiger partial charge in [0.05, 0.1) is 6.61 Å². The molecule has 0 heterocycles. The van der Waals surface area contributed by atoms with Crippen molar-refractivity contribution in [1.82, 2.24) is 10.6 Å². The van der Waals surface area contributed by atoms with Gasteiger partial charge in [0.15, 0.2) is 12.3 Å². The lowest BCUT2D eigenvalue weighted by Gasteiger charge is -2.20. The smallest absolute Gasteiger partial charge is 0.331 e. The normalized spacial score (nSPS) is 13.7. The highest BCUT2D eigenvalue weighted by Crippen LogP contribution is 1.94. The molecule has 0 aromatic rings. The molecule has 0 spiro atoms. The number of aliphatic hydroxyl groups excluding tert-OH is 2. The summed E-state index contributed by atoms with van der Waals surface area (Å²) < 4.78 is 0. The van der Waals surface area contributed by atoms with Crippen molar-refractivity contribution in [3.05, 3.63) is 0 Å². The van der Waals surface area contributed by atoms with Gasteiger partial charge in [-0.05, 0) is 6.42 Å². The molecule has 0 aromatic heterocycles. The van der Waals surface area contributed by atoms with Gasteiger partial charge in [0.2, 0.25) is 11.8 Å². The molecule has 0 bridgehead atoms. The molecule has 0 radical (unpaired) electrons. The molecule has 0 fully saturated rings. The average Bonchev–Trinajstić information content (AvgIpc) is 2.32. The van der Waals surface area contributed by atoms with Crippen molar-refractivity contribution in [3.8, 4) is 0 Å². The molecular formula is C10H18N2O7. The van der Waals surface area contributed by atoms with E-state index in [-0.39, 0.29) is 6.42 Å². The summed E-state index contributed by atoms with van der Waals surface area (Å²) in [6.45, 7) is 1.01. The number of hydrogen-bond donors (Lipinski definition) is 6. The largest absolute Gasteiger partial charge is 0.480 e. The second-order valence-electron chi connectivity index (χ2n) is 3.79. The number of amides is 2. The van der Waals surface area contributed by atoms with Gasteiger partial charge in [-0.2, -0.15) is 0 Å². The second kappa shape index (κ2) is 8.40. The van der Waals surface area contributed by atoms with E-state index in [9.17, 15) is 14.4 Å². The van der Waals surface area contributed by atoms with Gasteiger partial charge in [-0.15, -0.1) is 0 Å². The van der Waals surface area contributed by atoms with E-state index in [0.29, 0.717) is 6.42 Å². The fraction of sp³-hybridized carbons (Fsp3) is 0.700. The van der Waals surface area contributed by atoms with E-state index < -0.39 is 42.8 Å². The van der Waals surface area contributed by atoms with E-state index in [1.54, 1.807) is 12.2 Å². The molecule has 0 aliphatic carbocycles. The Labute approximate surface area is 109 Å². The summed E-state index contributed by atoms with van der Waals surface area (Å²) in [4.78, 5) is 33.4. The van der Waals surface area contributed by atoms with Crippen molar-refractivity contribution in [2.75, 3.05) is 6.61 Å². The van der Waals surface area contributed by atoms with Gasteiger partial charge < -0.3 is 31.1 Å². The summed E-state index contributed by atoms with van der Waals surface area (Å²) in [6, 6.07) is -3.29. The van der Waals surface area contributed by atoms with E-state index >= 15 is 0 Å². The van der Waals surface area contributed by atoms with Crippen LogP contribution in [0.3, 0.4) is 0 Å². The minimum absolute atomic E-state index is 0.148. The van der Waals surface area contributed by atoms with E-state index in [4.69, 9.17) is 20.4 Å². The van der Waals surface area contributed by atoms with Gasteiger partial charge in [0.1, 0.15) is 6.04 Å². The van der Waals surface area contributed by atoms with Crippen LogP contribution < -0.4 is 10.6 Å². The summed E-state index contributed by atoms with van der Waals surface area (Å²) in [5, 5.41) is 39.1. The van der Waals surface area contributed by atoms with Crippen molar-refractivity contribution < 1.29 is 34.8 Å². The maximum absolute atomic E-state index is 11.6. The zero-order valence-corrected chi connectivity index (χ0v) is 10.4. The molecule has 2 amide bonds. The van der Waals surface area contributed by atoms with Crippen molar-refractivity contribution >= 4 is 17.8 Å². The standard InChI is InChI=1S/C10H18N2O7/c1-2-3-6(14)11-5(4-13)8(15)12-7(9(16)17)10(18)19/h5,7,9,13,16-17H,2-4H2,1H3,(H,11,14)(H,12,15)(H,18,19)/t5-,7-/m0/s1. The van der Waals surface area contributed by atoms with E-state index in [2.05, 4.69) is 5.32 Å². The Morgan fingerprint density at radius 1 is 1.16 bits per heavy atom. The van der Waals surface area contributed by atoms with E-state index in [1.807, 2.05) is 0 Å². The van der Waals surface area contributed by atoms with Crippen LogP contribution in [0.15, 0.2) is 0 Å². The molecule has 9 heteroatoms. The third kappa shape index (κ3) is 6.13. The van der Waals surface area contributed by atoms with Crippen LogP contribution in [0.2, 0.25) is 0 Å². The summed E-state index contributed by atoms with van der Waals surface area (Å²) in [5.74, 6) is -3.15. The minimum atomic E-state index is -2.30. The number of carboxylic acid groups (broad SMARTS) is 1. The number of nitrogens with one attached hydrogen (secondary N) is 2. The topological polar surface area (TPSA) is 156 Å². The minimum Gasteiger partial charge on any atom is -0.480 e. The number of aliphatic hydroxyl groups is 3. The lowest BCUT2D eigenvalue weighted by Crippen LogP contribution is -2.56. The Bertz CT molecular complexity index is 332. The number of aliphatic carboxylic acids is 1. The first-order valence-corrected chi connectivity index (χ1v) is 5.63. The van der Waals surface area contributed by atoms with Crippen LogP contribution >= 0.6 is 0 Å². The first kappa shape index (κ1) is 17.3. The van der Waals surface area contributed by atoms with Crippen LogP contribution in [-0.4, -0.2) is 63.2 Å². The summed E-state index contributed by atoms with van der Waals surface area (Å²) in [5.41, 5.74) is 0. The molecule has 6 N–H and O–H groups in total. The molecule has 0 unspecified atom stereocenters. The van der Waals surface area contributed by atoms with Crippen LogP contribution in [0.4, 0.5) is 0 Å². The number of carboxylic acids is 1. The Balaban J connectivity index is 4.58. The lowest BCUT2D eigenvalue weighted by molar-refractivity contribution is -0.155. The number of rotatable bonds is 8. The van der Waals surface area contributed by atoms with Gasteiger partial charge in [0.25, 0.3) is 0 Å². The van der Waals surface area contributed by atoms with Crippen molar-refractivity contribution in [2.45, 2.75) is 38.1 Å². The van der Waals surface area contributed by atoms with Crippen molar-refractivity contribution in [3.63, 3.8) is 0 Å². The predicted molar refractivity (Wildman–Crippen MR) is 61.7 cm³/mol. The Kier molecular flexibility index (Phi) is 7.65. The fourth-order valence-electron chi connectivity index (χ4n) is 1.21. The number of carbonyl (C=O) groups is 3. The molecule has 0 aromatic carbocycles. The number of hydrogen-bond acceptors (Lipinski definition) is 6. The molecule has 0 saturated heterocycles. The van der Waals surface area contributed by atoms with E-state index in [0.717, 1.165) is 0 Å². The van der Waals surface area contributed by atoms with Crippen LogP contribution in [0, 0.1) is 0 Å². The van der Waals surface area contributed by atoms with E-state index in [1.165, 1.54) is 0 Å². The second-order valence-corrected chi connectivity index (χ2v) is 3.79. The third-order valence-corrected chi connectivity index (χ3v) is 2.17. The van der Waals surface area contributed by atoms with Gasteiger partial charge in [-0.1, -0.05) is 6.92 Å². The maximum Gasteiger partial charge on any atom is 0.331 e. The Hall–Kier alpha value is -1.71. The molecule has 110 valence electrons. The first-order valence-electron chi connectivity index (χ1n) is 5.63. The lowest BCUT2D eigenvalue weighted by atomic mass is 10.2. The molecule has 0 aliphatic rings. The van der Waals surface area contributed by atoms with Gasteiger partial charge in [0, 0.05) is 6.42 Å². The molecule has 9 nitrogen and oxygen atoms in total. The highest BCUT2D eigenvalue weighted by molar-refractivity contribution is 5.90. The summed E-state index contributed by atoms with van der Waals surface area (Å²) in [7, 11) is 0. The van der Waals surface area contributed by atoms with Gasteiger partial charge in [-0.25, -0.2) is 4.79 Å². The zero-order valence-electron chi connectivity index (χ0n) is 10.4. The van der Waals surface area contributed by atoms with Crippen LogP contribution in [0.1, 0.15) is 19.8 Å². The van der Waals surface area contributed by atoms with Crippen LogP contribution in [0.5, 0.6) is 0 Å².